The zero-order chi connectivity index (χ0) is 10.3. The Morgan fingerprint density at radius 3 is 3.20 bits per heavy atom. The summed E-state index contributed by atoms with van der Waals surface area (Å²) in [5.41, 5.74) is 1.48. The lowest BCUT2D eigenvalue weighted by molar-refractivity contribution is -0.122. The normalized spacial score (nSPS) is 38.3. The second-order valence-corrected chi connectivity index (χ2v) is 4.91. The average Bonchev–Trinajstić information content (AvgIpc) is 2.28. The van der Waals surface area contributed by atoms with Crippen LogP contribution in [0.2, 0.25) is 0 Å². The van der Waals surface area contributed by atoms with Gasteiger partial charge in [-0.25, -0.2) is 0 Å². The van der Waals surface area contributed by atoms with Crippen LogP contribution in [-0.2, 0) is 4.79 Å². The Morgan fingerprint density at radius 1 is 1.33 bits per heavy atom. The minimum Gasteiger partial charge on any atom is -0.300 e. The van der Waals surface area contributed by atoms with Crippen molar-refractivity contribution in [2.45, 2.75) is 25.7 Å². The second kappa shape index (κ2) is 3.48. The Kier molecular flexibility index (Phi) is 2.12. The third-order valence-corrected chi connectivity index (χ3v) is 4.07. The first-order chi connectivity index (χ1) is 7.34. The summed E-state index contributed by atoms with van der Waals surface area (Å²) in [6, 6.07) is 0. The van der Waals surface area contributed by atoms with Crippen LogP contribution in [-0.4, -0.2) is 5.78 Å². The molecule has 0 saturated heterocycles. The topological polar surface area (TPSA) is 17.1 Å². The van der Waals surface area contributed by atoms with E-state index in [1.54, 1.807) is 0 Å². The fourth-order valence-corrected chi connectivity index (χ4v) is 3.27. The van der Waals surface area contributed by atoms with E-state index in [4.69, 9.17) is 0 Å². The minimum absolute atomic E-state index is 0.458. The number of allylic oxidation sites excluding steroid dienone is 6. The molecule has 0 amide bonds. The van der Waals surface area contributed by atoms with Crippen molar-refractivity contribution >= 4 is 5.78 Å². The Bertz CT molecular complexity index is 373. The molecule has 0 aromatic carbocycles. The van der Waals surface area contributed by atoms with Gasteiger partial charge in [0.25, 0.3) is 0 Å². The number of hydrogen-bond donors (Lipinski definition) is 0. The lowest BCUT2D eigenvalue weighted by Crippen LogP contribution is -2.33. The molecule has 0 bridgehead atoms. The van der Waals surface area contributed by atoms with Crippen molar-refractivity contribution in [1.82, 2.24) is 0 Å². The second-order valence-electron chi connectivity index (χ2n) is 4.91. The van der Waals surface area contributed by atoms with Gasteiger partial charge in [-0.2, -0.15) is 0 Å². The molecule has 0 spiro atoms. The molecule has 3 aliphatic carbocycles. The molecule has 0 heterocycles. The van der Waals surface area contributed by atoms with Crippen LogP contribution in [0.15, 0.2) is 36.0 Å². The summed E-state index contributed by atoms with van der Waals surface area (Å²) in [6.07, 6.45) is 15.0. The molecule has 1 nitrogen and oxygen atoms in total. The van der Waals surface area contributed by atoms with E-state index in [2.05, 4.69) is 30.4 Å². The van der Waals surface area contributed by atoms with Crippen LogP contribution in [0.3, 0.4) is 0 Å². The molecule has 0 radical (unpaired) electrons. The van der Waals surface area contributed by atoms with Crippen LogP contribution in [0.1, 0.15) is 25.7 Å². The predicted molar refractivity (Wildman–Crippen MR) is 60.3 cm³/mol. The van der Waals surface area contributed by atoms with Gasteiger partial charge < -0.3 is 0 Å². The molecule has 3 rings (SSSR count). The van der Waals surface area contributed by atoms with E-state index in [1.165, 1.54) is 12.0 Å². The zero-order valence-electron chi connectivity index (χ0n) is 8.86. The maximum absolute atomic E-state index is 11.4. The van der Waals surface area contributed by atoms with E-state index in [-0.39, 0.29) is 0 Å². The molecule has 1 heteroatoms. The molecule has 3 atom stereocenters. The summed E-state index contributed by atoms with van der Waals surface area (Å²) in [5, 5.41) is 0. The van der Waals surface area contributed by atoms with E-state index in [9.17, 15) is 4.79 Å². The average molecular weight is 200 g/mol. The number of Topliss-reactive ketones (excluding diaryl/α,β-unsaturated/α-hetero) is 1. The van der Waals surface area contributed by atoms with Gasteiger partial charge in [0, 0.05) is 12.8 Å². The summed E-state index contributed by atoms with van der Waals surface area (Å²) in [6.45, 7) is 0. The SMILES string of the molecule is O=C1CCC2C(C=CC3=CC=CCC32)C1. The van der Waals surface area contributed by atoms with Crippen molar-refractivity contribution in [1.29, 1.82) is 0 Å². The number of carbonyl (C=O) groups is 1. The van der Waals surface area contributed by atoms with Gasteiger partial charge in [0.1, 0.15) is 5.78 Å². The van der Waals surface area contributed by atoms with Gasteiger partial charge in [0.05, 0.1) is 0 Å². The summed E-state index contributed by atoms with van der Waals surface area (Å²) in [4.78, 5) is 11.4. The van der Waals surface area contributed by atoms with Gasteiger partial charge in [0.15, 0.2) is 0 Å². The Labute approximate surface area is 90.6 Å². The van der Waals surface area contributed by atoms with E-state index < -0.39 is 0 Å². The maximum Gasteiger partial charge on any atom is 0.133 e. The summed E-state index contributed by atoms with van der Waals surface area (Å²) >= 11 is 0. The highest BCUT2D eigenvalue weighted by Gasteiger charge is 2.36. The van der Waals surface area contributed by atoms with Crippen molar-refractivity contribution in [3.8, 4) is 0 Å². The molecule has 0 aromatic rings. The van der Waals surface area contributed by atoms with Gasteiger partial charge in [-0.15, -0.1) is 0 Å². The summed E-state index contributed by atoms with van der Waals surface area (Å²) < 4.78 is 0. The Balaban J connectivity index is 1.91. The standard InChI is InChI=1S/C14H16O/c15-12-7-8-14-11(9-12)6-5-10-3-1-2-4-13(10)14/h1-3,5-6,11,13-14H,4,7-9H2. The van der Waals surface area contributed by atoms with Crippen LogP contribution in [0.25, 0.3) is 0 Å². The highest BCUT2D eigenvalue weighted by Crippen LogP contribution is 2.44. The van der Waals surface area contributed by atoms with Crippen molar-refractivity contribution in [2.24, 2.45) is 17.8 Å². The van der Waals surface area contributed by atoms with Crippen molar-refractivity contribution < 1.29 is 4.79 Å². The lowest BCUT2D eigenvalue weighted by atomic mass is 9.65. The van der Waals surface area contributed by atoms with Crippen LogP contribution in [0.5, 0.6) is 0 Å². The van der Waals surface area contributed by atoms with Crippen molar-refractivity contribution in [3.63, 3.8) is 0 Å². The van der Waals surface area contributed by atoms with Crippen LogP contribution >= 0.6 is 0 Å². The van der Waals surface area contributed by atoms with Gasteiger partial charge in [0.2, 0.25) is 0 Å². The number of carbonyl (C=O) groups excluding carboxylic acids is 1. The van der Waals surface area contributed by atoms with Gasteiger partial charge >= 0.3 is 0 Å². The first kappa shape index (κ1) is 9.14. The van der Waals surface area contributed by atoms with E-state index in [1.807, 2.05) is 0 Å². The predicted octanol–water partition coefficient (Wildman–Crippen LogP) is 3.04. The fraction of sp³-hybridized carbons (Fsp3) is 0.500. The van der Waals surface area contributed by atoms with Crippen molar-refractivity contribution in [3.05, 3.63) is 36.0 Å². The Morgan fingerprint density at radius 2 is 2.27 bits per heavy atom. The number of rotatable bonds is 0. The van der Waals surface area contributed by atoms with Crippen LogP contribution in [0.4, 0.5) is 0 Å². The highest BCUT2D eigenvalue weighted by molar-refractivity contribution is 5.79. The molecule has 15 heavy (non-hydrogen) atoms. The third-order valence-electron chi connectivity index (χ3n) is 4.07. The molecule has 0 N–H and O–H groups in total. The monoisotopic (exact) mass is 200 g/mol. The molecule has 3 unspecified atom stereocenters. The van der Waals surface area contributed by atoms with Crippen LogP contribution in [0, 0.1) is 17.8 Å². The molecular formula is C14H16O. The van der Waals surface area contributed by atoms with Gasteiger partial charge in [-0.1, -0.05) is 30.4 Å². The molecular weight excluding hydrogens is 184 g/mol. The summed E-state index contributed by atoms with van der Waals surface area (Å²) in [5.74, 6) is 2.40. The molecule has 3 aliphatic rings. The largest absolute Gasteiger partial charge is 0.300 e. The Hall–Kier alpha value is -1.11. The minimum atomic E-state index is 0.458. The smallest absolute Gasteiger partial charge is 0.133 e. The fourth-order valence-electron chi connectivity index (χ4n) is 3.27. The molecule has 1 fully saturated rings. The number of fused-ring (bicyclic) bond motifs is 3. The van der Waals surface area contributed by atoms with Crippen molar-refractivity contribution in [2.75, 3.05) is 0 Å². The molecule has 0 aliphatic heterocycles. The van der Waals surface area contributed by atoms with E-state index >= 15 is 0 Å². The number of ketones is 1. The molecule has 78 valence electrons. The van der Waals surface area contributed by atoms with Gasteiger partial charge in [-0.3, -0.25) is 4.79 Å². The first-order valence-electron chi connectivity index (χ1n) is 5.91. The lowest BCUT2D eigenvalue weighted by Gasteiger charge is -2.39. The number of hydrogen-bond acceptors (Lipinski definition) is 1. The van der Waals surface area contributed by atoms with Crippen LogP contribution < -0.4 is 0 Å². The first-order valence-corrected chi connectivity index (χ1v) is 5.91. The summed E-state index contributed by atoms with van der Waals surface area (Å²) in [7, 11) is 0. The quantitative estimate of drug-likeness (QED) is 0.587. The van der Waals surface area contributed by atoms with E-state index in [0.717, 1.165) is 25.2 Å². The zero-order valence-corrected chi connectivity index (χ0v) is 8.86. The maximum atomic E-state index is 11.4. The molecule has 1 saturated carbocycles. The highest BCUT2D eigenvalue weighted by atomic mass is 16.1. The third kappa shape index (κ3) is 1.50. The van der Waals surface area contributed by atoms with Gasteiger partial charge in [-0.05, 0) is 36.2 Å². The van der Waals surface area contributed by atoms with E-state index in [0.29, 0.717) is 17.6 Å². The molecule has 0 aromatic heterocycles.